The van der Waals surface area contributed by atoms with Crippen molar-refractivity contribution in [1.82, 2.24) is 20.2 Å². The van der Waals surface area contributed by atoms with Gasteiger partial charge in [0.05, 0.1) is 12.5 Å². The number of rotatable bonds is 3. The molecule has 1 saturated carbocycles. The van der Waals surface area contributed by atoms with Crippen LogP contribution in [0.2, 0.25) is 0 Å². The third kappa shape index (κ3) is 3.77. The fraction of sp³-hybridized carbons (Fsp3) is 0.857. The zero-order valence-corrected chi connectivity index (χ0v) is 17.9. The van der Waals surface area contributed by atoms with E-state index in [1.165, 1.54) is 0 Å². The Morgan fingerprint density at radius 1 is 1.17 bits per heavy atom. The molecule has 0 aromatic rings. The fourth-order valence-corrected chi connectivity index (χ4v) is 5.24. The Hall–Kier alpha value is -1.67. The van der Waals surface area contributed by atoms with E-state index in [-0.39, 0.29) is 35.8 Å². The van der Waals surface area contributed by atoms with Gasteiger partial charge in [-0.05, 0) is 44.4 Å². The molecule has 0 bridgehead atoms. The van der Waals surface area contributed by atoms with E-state index in [0.29, 0.717) is 32.1 Å². The summed E-state index contributed by atoms with van der Waals surface area (Å²) in [5, 5.41) is 0. The van der Waals surface area contributed by atoms with Gasteiger partial charge in [-0.25, -0.2) is 0 Å². The van der Waals surface area contributed by atoms with E-state index in [0.717, 1.165) is 38.5 Å². The van der Waals surface area contributed by atoms with Crippen molar-refractivity contribution in [3.63, 3.8) is 0 Å². The summed E-state index contributed by atoms with van der Waals surface area (Å²) >= 11 is 0. The molecule has 3 amide bonds. The molecule has 4 aliphatic rings. The van der Waals surface area contributed by atoms with Crippen molar-refractivity contribution in [2.24, 2.45) is 11.8 Å². The molecule has 2 atom stereocenters. The van der Waals surface area contributed by atoms with E-state index in [4.69, 9.17) is 4.84 Å². The normalized spacial score (nSPS) is 30.4. The topological polar surface area (TPSA) is 82.2 Å². The maximum absolute atomic E-state index is 13.5. The van der Waals surface area contributed by atoms with Crippen molar-refractivity contribution in [3.8, 4) is 0 Å². The quantitative estimate of drug-likeness (QED) is 0.759. The first-order chi connectivity index (χ1) is 13.8. The third-order valence-electron chi connectivity index (χ3n) is 7.10. The van der Waals surface area contributed by atoms with Gasteiger partial charge in [-0.3, -0.25) is 19.2 Å². The maximum Gasteiger partial charge on any atom is 0.258 e. The summed E-state index contributed by atoms with van der Waals surface area (Å²) in [6.45, 7) is 8.11. The van der Waals surface area contributed by atoms with Crippen LogP contribution in [0.1, 0.15) is 59.3 Å². The summed E-state index contributed by atoms with van der Waals surface area (Å²) in [5.41, 5.74) is 2.40. The number of hydrogen-bond donors (Lipinski definition) is 1. The monoisotopic (exact) mass is 406 g/mol. The molecule has 8 nitrogen and oxygen atoms in total. The number of hydrogen-bond acceptors (Lipinski definition) is 5. The molecule has 1 aliphatic carbocycles. The molecule has 0 aromatic carbocycles. The third-order valence-corrected chi connectivity index (χ3v) is 7.10. The number of likely N-dealkylation sites (tertiary alicyclic amines) is 1. The van der Waals surface area contributed by atoms with Gasteiger partial charge in [0.25, 0.3) is 5.91 Å². The lowest BCUT2D eigenvalue weighted by Crippen LogP contribution is -2.69. The number of carbonyl (C=O) groups is 3. The predicted octanol–water partition coefficient (Wildman–Crippen LogP) is 1.11. The zero-order valence-electron chi connectivity index (χ0n) is 17.9. The maximum atomic E-state index is 13.5. The van der Waals surface area contributed by atoms with Crippen molar-refractivity contribution in [2.45, 2.75) is 77.1 Å². The van der Waals surface area contributed by atoms with Crippen LogP contribution in [0.25, 0.3) is 0 Å². The van der Waals surface area contributed by atoms with Gasteiger partial charge in [-0.1, -0.05) is 13.8 Å². The molecule has 4 rings (SSSR count). The molecular formula is C21H34N4O4. The Bertz CT molecular complexity index is 670. The van der Waals surface area contributed by atoms with Crippen LogP contribution in [-0.2, 0) is 19.2 Å². The van der Waals surface area contributed by atoms with Crippen molar-refractivity contribution in [2.75, 3.05) is 26.2 Å². The lowest BCUT2D eigenvalue weighted by molar-refractivity contribution is -0.227. The van der Waals surface area contributed by atoms with Gasteiger partial charge in [0.15, 0.2) is 5.60 Å². The second-order valence-electron chi connectivity index (χ2n) is 9.60. The van der Waals surface area contributed by atoms with Gasteiger partial charge in [-0.2, -0.15) is 5.48 Å². The SMILES string of the molecule is CC(=O)N1CCC(N2CC3NOC4(CCC4)C(=O)N3C[C@@H](CC(C)C)C2=O)CC1. The van der Waals surface area contributed by atoms with E-state index in [1.807, 2.05) is 14.7 Å². The van der Waals surface area contributed by atoms with Crippen LogP contribution >= 0.6 is 0 Å². The van der Waals surface area contributed by atoms with Gasteiger partial charge >= 0.3 is 0 Å². The van der Waals surface area contributed by atoms with Gasteiger partial charge in [0, 0.05) is 32.6 Å². The number of carbonyl (C=O) groups excluding carboxylic acids is 3. The van der Waals surface area contributed by atoms with Crippen LogP contribution in [0.4, 0.5) is 0 Å². The van der Waals surface area contributed by atoms with E-state index < -0.39 is 5.60 Å². The van der Waals surface area contributed by atoms with E-state index in [9.17, 15) is 14.4 Å². The first-order valence-corrected chi connectivity index (χ1v) is 11.1. The number of fused-ring (bicyclic) bond motifs is 1. The molecule has 1 N–H and O–H groups in total. The lowest BCUT2D eigenvalue weighted by atomic mass is 9.78. The fourth-order valence-electron chi connectivity index (χ4n) is 5.24. The smallest absolute Gasteiger partial charge is 0.258 e. The molecule has 4 fully saturated rings. The minimum Gasteiger partial charge on any atom is -0.343 e. The van der Waals surface area contributed by atoms with Crippen LogP contribution in [0.15, 0.2) is 0 Å². The van der Waals surface area contributed by atoms with Crippen LogP contribution in [0.5, 0.6) is 0 Å². The van der Waals surface area contributed by atoms with Gasteiger partial charge in [0.2, 0.25) is 11.8 Å². The number of piperidine rings is 1. The molecule has 162 valence electrons. The largest absolute Gasteiger partial charge is 0.343 e. The van der Waals surface area contributed by atoms with Gasteiger partial charge < -0.3 is 14.7 Å². The van der Waals surface area contributed by atoms with Crippen molar-refractivity contribution in [3.05, 3.63) is 0 Å². The van der Waals surface area contributed by atoms with Gasteiger partial charge in [0.1, 0.15) is 6.17 Å². The van der Waals surface area contributed by atoms with Crippen molar-refractivity contribution < 1.29 is 19.2 Å². The minimum absolute atomic E-state index is 0.0438. The Morgan fingerprint density at radius 2 is 1.86 bits per heavy atom. The zero-order chi connectivity index (χ0) is 20.8. The molecule has 8 heteroatoms. The van der Waals surface area contributed by atoms with E-state index >= 15 is 0 Å². The molecule has 1 unspecified atom stereocenters. The first-order valence-electron chi connectivity index (χ1n) is 11.1. The highest BCUT2D eigenvalue weighted by Gasteiger charge is 2.55. The molecule has 3 heterocycles. The predicted molar refractivity (Wildman–Crippen MR) is 106 cm³/mol. The molecule has 0 aromatic heterocycles. The van der Waals surface area contributed by atoms with Crippen LogP contribution in [0, 0.1) is 11.8 Å². The Kier molecular flexibility index (Phi) is 5.59. The minimum atomic E-state index is -0.718. The second kappa shape index (κ2) is 7.87. The highest BCUT2D eigenvalue weighted by Crippen LogP contribution is 2.40. The number of amides is 3. The highest BCUT2D eigenvalue weighted by atomic mass is 16.7. The Balaban J connectivity index is 1.54. The van der Waals surface area contributed by atoms with Crippen LogP contribution in [0.3, 0.4) is 0 Å². The number of nitrogens with zero attached hydrogens (tertiary/aromatic N) is 3. The highest BCUT2D eigenvalue weighted by molar-refractivity contribution is 5.88. The Morgan fingerprint density at radius 3 is 2.41 bits per heavy atom. The summed E-state index contributed by atoms with van der Waals surface area (Å²) in [5.74, 6) is 0.470. The Labute approximate surface area is 172 Å². The average molecular weight is 407 g/mol. The van der Waals surface area contributed by atoms with Gasteiger partial charge in [-0.15, -0.1) is 0 Å². The number of hydroxylamine groups is 1. The van der Waals surface area contributed by atoms with Crippen molar-refractivity contribution >= 4 is 17.7 Å². The second-order valence-corrected chi connectivity index (χ2v) is 9.60. The average Bonchev–Trinajstić information content (AvgIpc) is 2.78. The van der Waals surface area contributed by atoms with Crippen molar-refractivity contribution in [1.29, 1.82) is 0 Å². The lowest BCUT2D eigenvalue weighted by Gasteiger charge is -2.50. The first kappa shape index (κ1) is 20.6. The number of nitrogens with one attached hydrogen (secondary N) is 1. The summed E-state index contributed by atoms with van der Waals surface area (Å²) in [4.78, 5) is 50.0. The summed E-state index contributed by atoms with van der Waals surface area (Å²) < 4.78 is 0. The molecule has 0 radical (unpaired) electrons. The molecule has 29 heavy (non-hydrogen) atoms. The van der Waals surface area contributed by atoms with Crippen LogP contribution < -0.4 is 5.48 Å². The summed E-state index contributed by atoms with van der Waals surface area (Å²) in [6.07, 6.45) is 4.53. The summed E-state index contributed by atoms with van der Waals surface area (Å²) in [6, 6.07) is 0.101. The molecule has 3 aliphatic heterocycles. The van der Waals surface area contributed by atoms with E-state index in [2.05, 4.69) is 19.3 Å². The molecule has 1 spiro atoms. The molecule has 3 saturated heterocycles. The molecular weight excluding hydrogens is 372 g/mol. The van der Waals surface area contributed by atoms with Crippen LogP contribution in [-0.4, -0.2) is 76.4 Å². The van der Waals surface area contributed by atoms with E-state index in [1.54, 1.807) is 6.92 Å². The summed E-state index contributed by atoms with van der Waals surface area (Å²) in [7, 11) is 0. The standard InChI is InChI=1S/C21H34N4O4/c1-14(2)11-16-12-25-18(22-29-21(20(25)28)7-4-8-21)13-24(19(16)27)17-5-9-23(10-6-17)15(3)26/h14,16-18,22H,4-13H2,1-3H3/t16-,18?/m1/s1.